The van der Waals surface area contributed by atoms with Gasteiger partial charge < -0.3 is 14.5 Å². The number of esters is 1. The highest BCUT2D eigenvalue weighted by Gasteiger charge is 2.32. The van der Waals surface area contributed by atoms with E-state index in [-0.39, 0.29) is 24.5 Å². The highest BCUT2D eigenvalue weighted by molar-refractivity contribution is 7.15. The summed E-state index contributed by atoms with van der Waals surface area (Å²) >= 11 is 1.38. The Morgan fingerprint density at radius 3 is 2.88 bits per heavy atom. The molecule has 1 fully saturated rings. The molecular weight excluding hydrogens is 340 g/mol. The second kappa shape index (κ2) is 7.84. The number of carbonyl (C=O) groups is 2. The van der Waals surface area contributed by atoms with Gasteiger partial charge in [0.25, 0.3) is 0 Å². The first-order valence-electron chi connectivity index (χ1n) is 8.45. The lowest BCUT2D eigenvalue weighted by atomic mass is 10.1. The molecule has 1 aliphatic rings. The number of carbonyl (C=O) groups excluding carboxylic acids is 2. The third-order valence-electron chi connectivity index (χ3n) is 4.11. The van der Waals surface area contributed by atoms with Gasteiger partial charge in [0.1, 0.15) is 10.8 Å². The summed E-state index contributed by atoms with van der Waals surface area (Å²) in [5.74, 6) is 0.622. The molecule has 1 amide bonds. The van der Waals surface area contributed by atoms with E-state index in [2.05, 4.69) is 10.6 Å². The molecule has 6 nitrogen and oxygen atoms in total. The van der Waals surface area contributed by atoms with Gasteiger partial charge in [0.15, 0.2) is 0 Å². The van der Waals surface area contributed by atoms with E-state index in [9.17, 15) is 9.59 Å². The number of anilines is 1. The minimum atomic E-state index is -0.363. The molecule has 0 spiro atoms. The number of ether oxygens (including phenoxy) is 1. The van der Waals surface area contributed by atoms with Crippen LogP contribution < -0.4 is 10.6 Å². The first-order valence-corrected chi connectivity index (χ1v) is 9.33. The Labute approximate surface area is 150 Å². The fraction of sp³-hybridized carbons (Fsp3) is 0.444. The van der Waals surface area contributed by atoms with Gasteiger partial charge >= 0.3 is 5.97 Å². The van der Waals surface area contributed by atoms with Crippen molar-refractivity contribution >= 4 is 28.2 Å². The topological polar surface area (TPSA) is 80.6 Å². The van der Waals surface area contributed by atoms with Gasteiger partial charge in [0.05, 0.1) is 31.0 Å². The molecule has 0 saturated heterocycles. The SMILES string of the molecule is CCOC(=O)c1c(C2CC2)csc1NC(=O)CN[C@H](C)c1ccco1. The Bertz CT molecular complexity index is 734. The molecular formula is C18H22N2O4S. The van der Waals surface area contributed by atoms with E-state index in [1.165, 1.54) is 11.3 Å². The predicted octanol–water partition coefficient (Wildman–Crippen LogP) is 3.68. The number of furan rings is 1. The zero-order valence-corrected chi connectivity index (χ0v) is 15.2. The van der Waals surface area contributed by atoms with Crippen LogP contribution in [0.25, 0.3) is 0 Å². The Kier molecular flexibility index (Phi) is 5.55. The first kappa shape index (κ1) is 17.7. The molecule has 1 atom stereocenters. The smallest absolute Gasteiger partial charge is 0.341 e. The number of thiophene rings is 1. The van der Waals surface area contributed by atoms with Gasteiger partial charge in [0.2, 0.25) is 5.91 Å². The molecule has 0 bridgehead atoms. The van der Waals surface area contributed by atoms with Crippen molar-refractivity contribution in [3.63, 3.8) is 0 Å². The summed E-state index contributed by atoms with van der Waals surface area (Å²) in [5, 5.41) is 8.47. The average molecular weight is 362 g/mol. The zero-order chi connectivity index (χ0) is 17.8. The Hall–Kier alpha value is -2.12. The minimum Gasteiger partial charge on any atom is -0.468 e. The van der Waals surface area contributed by atoms with Crippen molar-refractivity contribution in [2.24, 2.45) is 0 Å². The minimum absolute atomic E-state index is 0.0735. The molecule has 2 aromatic heterocycles. The van der Waals surface area contributed by atoms with Crippen molar-refractivity contribution in [3.05, 3.63) is 40.7 Å². The molecule has 0 aromatic carbocycles. The van der Waals surface area contributed by atoms with Crippen LogP contribution >= 0.6 is 11.3 Å². The molecule has 2 heterocycles. The standard InChI is InChI=1S/C18H22N2O4S/c1-3-23-18(22)16-13(12-6-7-12)10-25-17(16)20-15(21)9-19-11(2)14-5-4-8-24-14/h4-5,8,10-12,19H,3,6-7,9H2,1-2H3,(H,20,21)/t11-/m1/s1. The van der Waals surface area contributed by atoms with Gasteiger partial charge in [-0.3, -0.25) is 10.1 Å². The fourth-order valence-corrected chi connectivity index (χ4v) is 3.67. The molecule has 25 heavy (non-hydrogen) atoms. The van der Waals surface area contributed by atoms with E-state index in [1.807, 2.05) is 24.4 Å². The van der Waals surface area contributed by atoms with Crippen LogP contribution in [0.5, 0.6) is 0 Å². The molecule has 134 valence electrons. The Balaban J connectivity index is 1.63. The first-order chi connectivity index (χ1) is 12.1. The Morgan fingerprint density at radius 2 is 2.24 bits per heavy atom. The molecule has 0 radical (unpaired) electrons. The highest BCUT2D eigenvalue weighted by Crippen LogP contribution is 2.46. The largest absolute Gasteiger partial charge is 0.468 e. The maximum Gasteiger partial charge on any atom is 0.341 e. The van der Waals surface area contributed by atoms with Crippen molar-refractivity contribution in [3.8, 4) is 0 Å². The van der Waals surface area contributed by atoms with Crippen molar-refractivity contribution in [2.45, 2.75) is 38.6 Å². The van der Waals surface area contributed by atoms with E-state index in [0.29, 0.717) is 23.1 Å². The van der Waals surface area contributed by atoms with Crippen molar-refractivity contribution in [1.29, 1.82) is 0 Å². The number of amides is 1. The van der Waals surface area contributed by atoms with Gasteiger partial charge in [-0.15, -0.1) is 11.3 Å². The van der Waals surface area contributed by atoms with E-state index in [1.54, 1.807) is 13.2 Å². The van der Waals surface area contributed by atoms with Gasteiger partial charge in [-0.2, -0.15) is 0 Å². The maximum absolute atomic E-state index is 12.3. The lowest BCUT2D eigenvalue weighted by molar-refractivity contribution is -0.115. The molecule has 1 aliphatic carbocycles. The van der Waals surface area contributed by atoms with Crippen molar-refractivity contribution < 1.29 is 18.7 Å². The summed E-state index contributed by atoms with van der Waals surface area (Å²) < 4.78 is 10.5. The van der Waals surface area contributed by atoms with Crippen LogP contribution in [0, 0.1) is 0 Å². The lowest BCUT2D eigenvalue weighted by Crippen LogP contribution is -2.30. The Morgan fingerprint density at radius 1 is 1.44 bits per heavy atom. The highest BCUT2D eigenvalue weighted by atomic mass is 32.1. The summed E-state index contributed by atoms with van der Waals surface area (Å²) in [6.45, 7) is 4.14. The molecule has 0 unspecified atom stereocenters. The normalized spacial score (nSPS) is 15.0. The lowest BCUT2D eigenvalue weighted by Gasteiger charge is -2.12. The second-order valence-electron chi connectivity index (χ2n) is 6.06. The summed E-state index contributed by atoms with van der Waals surface area (Å²) in [6, 6.07) is 3.59. The maximum atomic E-state index is 12.3. The van der Waals surface area contributed by atoms with Gasteiger partial charge in [-0.05, 0) is 55.7 Å². The quantitative estimate of drug-likeness (QED) is 0.700. The molecule has 1 saturated carbocycles. The van der Waals surface area contributed by atoms with Crippen LogP contribution in [0.1, 0.15) is 60.3 Å². The zero-order valence-electron chi connectivity index (χ0n) is 14.3. The van der Waals surface area contributed by atoms with Crippen LogP contribution in [-0.4, -0.2) is 25.0 Å². The molecule has 3 rings (SSSR count). The van der Waals surface area contributed by atoms with Gasteiger partial charge in [-0.1, -0.05) is 0 Å². The molecule has 7 heteroatoms. The van der Waals surface area contributed by atoms with Crippen molar-refractivity contribution in [1.82, 2.24) is 5.32 Å². The van der Waals surface area contributed by atoms with Crippen LogP contribution in [0.4, 0.5) is 5.00 Å². The number of hydrogen-bond acceptors (Lipinski definition) is 6. The summed E-state index contributed by atoms with van der Waals surface area (Å²) in [4.78, 5) is 24.6. The summed E-state index contributed by atoms with van der Waals surface area (Å²) in [6.07, 6.45) is 3.77. The number of hydrogen-bond donors (Lipinski definition) is 2. The monoisotopic (exact) mass is 362 g/mol. The third kappa shape index (κ3) is 4.29. The van der Waals surface area contributed by atoms with E-state index in [0.717, 1.165) is 24.2 Å². The summed E-state index contributed by atoms with van der Waals surface area (Å²) in [7, 11) is 0. The number of rotatable bonds is 8. The summed E-state index contributed by atoms with van der Waals surface area (Å²) in [5.41, 5.74) is 1.51. The van der Waals surface area contributed by atoms with Gasteiger partial charge in [-0.25, -0.2) is 4.79 Å². The van der Waals surface area contributed by atoms with E-state index in [4.69, 9.17) is 9.15 Å². The average Bonchev–Trinajstić information content (AvgIpc) is 3.12. The van der Waals surface area contributed by atoms with Crippen molar-refractivity contribution in [2.75, 3.05) is 18.5 Å². The van der Waals surface area contributed by atoms with Crippen LogP contribution in [0.15, 0.2) is 28.2 Å². The van der Waals surface area contributed by atoms with E-state index >= 15 is 0 Å². The fourth-order valence-electron chi connectivity index (χ4n) is 2.63. The van der Waals surface area contributed by atoms with Crippen LogP contribution in [0.3, 0.4) is 0 Å². The number of nitrogens with one attached hydrogen (secondary N) is 2. The molecule has 2 N–H and O–H groups in total. The predicted molar refractivity (Wildman–Crippen MR) is 96.0 cm³/mol. The molecule has 2 aromatic rings. The van der Waals surface area contributed by atoms with E-state index < -0.39 is 0 Å². The van der Waals surface area contributed by atoms with Crippen LogP contribution in [-0.2, 0) is 9.53 Å². The van der Waals surface area contributed by atoms with Gasteiger partial charge in [0, 0.05) is 0 Å². The van der Waals surface area contributed by atoms with Crippen LogP contribution in [0.2, 0.25) is 0 Å². The third-order valence-corrected chi connectivity index (χ3v) is 5.02. The second-order valence-corrected chi connectivity index (χ2v) is 6.94. The molecule has 0 aliphatic heterocycles.